The molecule has 1 atom stereocenters. The van der Waals surface area contributed by atoms with Gasteiger partial charge in [0, 0.05) is 19.2 Å². The lowest BCUT2D eigenvalue weighted by molar-refractivity contribution is -0.125. The van der Waals surface area contributed by atoms with E-state index in [9.17, 15) is 9.59 Å². The van der Waals surface area contributed by atoms with Gasteiger partial charge in [-0.3, -0.25) is 9.69 Å². The third kappa shape index (κ3) is 4.84. The molecule has 7 nitrogen and oxygen atoms in total. The van der Waals surface area contributed by atoms with Gasteiger partial charge in [-0.15, -0.1) is 0 Å². The molecule has 1 aliphatic carbocycles. The average Bonchev–Trinajstić information content (AvgIpc) is 3.07. The number of benzene rings is 1. The van der Waals surface area contributed by atoms with Crippen molar-refractivity contribution in [2.75, 3.05) is 27.4 Å². The second-order valence-electron chi connectivity index (χ2n) is 7.19. The lowest BCUT2D eigenvalue weighted by Gasteiger charge is -2.28. The van der Waals surface area contributed by atoms with E-state index in [2.05, 4.69) is 5.32 Å². The number of hydrogen-bond donors (Lipinski definition) is 1. The summed E-state index contributed by atoms with van der Waals surface area (Å²) in [4.78, 5) is 26.4. The highest BCUT2D eigenvalue weighted by atomic mass is 16.6. The molecule has 1 saturated carbocycles. The van der Waals surface area contributed by atoms with E-state index < -0.39 is 6.04 Å². The number of rotatable bonds is 7. The smallest absolute Gasteiger partial charge is 0.410 e. The fourth-order valence-corrected chi connectivity index (χ4v) is 3.79. The minimum Gasteiger partial charge on any atom is -0.497 e. The van der Waals surface area contributed by atoms with Gasteiger partial charge in [0.1, 0.15) is 24.1 Å². The van der Waals surface area contributed by atoms with Crippen LogP contribution in [0, 0.1) is 5.92 Å². The van der Waals surface area contributed by atoms with Crippen LogP contribution in [0.15, 0.2) is 18.2 Å². The SMILES string of the molecule is COc1cc(CNC(=O)[C@@H]2COC(=O)N2CC2CCCCC2)cc(OC)c1. The molecular weight excluding hydrogens is 348 g/mol. The molecule has 27 heavy (non-hydrogen) atoms. The van der Waals surface area contributed by atoms with E-state index in [4.69, 9.17) is 14.2 Å². The summed E-state index contributed by atoms with van der Waals surface area (Å²) in [5.74, 6) is 1.59. The van der Waals surface area contributed by atoms with Crippen LogP contribution in [0.2, 0.25) is 0 Å². The van der Waals surface area contributed by atoms with E-state index in [1.807, 2.05) is 12.1 Å². The van der Waals surface area contributed by atoms with Crippen LogP contribution >= 0.6 is 0 Å². The third-order valence-electron chi connectivity index (χ3n) is 5.34. The third-order valence-corrected chi connectivity index (χ3v) is 5.34. The molecule has 148 valence electrons. The maximum Gasteiger partial charge on any atom is 0.410 e. The Labute approximate surface area is 160 Å². The Balaban J connectivity index is 1.60. The molecule has 1 heterocycles. The predicted molar refractivity (Wildman–Crippen MR) is 99.8 cm³/mol. The lowest BCUT2D eigenvalue weighted by Crippen LogP contribution is -2.47. The zero-order valence-electron chi connectivity index (χ0n) is 16.0. The molecular formula is C20H28N2O5. The first-order chi connectivity index (χ1) is 13.1. The van der Waals surface area contributed by atoms with Crippen LogP contribution in [0.4, 0.5) is 4.79 Å². The van der Waals surface area contributed by atoms with Crippen LogP contribution in [0.1, 0.15) is 37.7 Å². The zero-order chi connectivity index (χ0) is 19.2. The summed E-state index contributed by atoms with van der Waals surface area (Å²) in [5, 5.41) is 2.91. The van der Waals surface area contributed by atoms with Crippen molar-refractivity contribution in [2.24, 2.45) is 5.92 Å². The maximum atomic E-state index is 12.7. The molecule has 0 unspecified atom stereocenters. The van der Waals surface area contributed by atoms with Gasteiger partial charge in [0.25, 0.3) is 0 Å². The standard InChI is InChI=1S/C20H28N2O5/c1-25-16-8-15(9-17(10-16)26-2)11-21-19(23)18-13-27-20(24)22(18)12-14-6-4-3-5-7-14/h8-10,14,18H,3-7,11-13H2,1-2H3,(H,21,23)/t18-/m0/s1. The monoisotopic (exact) mass is 376 g/mol. The molecule has 0 aromatic heterocycles. The first-order valence-electron chi connectivity index (χ1n) is 9.53. The van der Waals surface area contributed by atoms with Crippen molar-refractivity contribution < 1.29 is 23.8 Å². The van der Waals surface area contributed by atoms with Gasteiger partial charge in [-0.05, 0) is 36.5 Å². The van der Waals surface area contributed by atoms with Crippen LogP contribution in [0.5, 0.6) is 11.5 Å². The van der Waals surface area contributed by atoms with Crippen LogP contribution in [0.3, 0.4) is 0 Å². The molecule has 1 aliphatic heterocycles. The Morgan fingerprint density at radius 3 is 2.44 bits per heavy atom. The average molecular weight is 376 g/mol. The van der Waals surface area contributed by atoms with Crippen molar-refractivity contribution in [3.8, 4) is 11.5 Å². The number of nitrogens with zero attached hydrogens (tertiary/aromatic N) is 1. The summed E-state index contributed by atoms with van der Waals surface area (Å²) in [5.41, 5.74) is 0.864. The van der Waals surface area contributed by atoms with Crippen molar-refractivity contribution in [3.05, 3.63) is 23.8 Å². The zero-order valence-corrected chi connectivity index (χ0v) is 16.0. The van der Waals surface area contributed by atoms with Gasteiger partial charge in [0.15, 0.2) is 0 Å². The normalized spacial score (nSPS) is 20.3. The summed E-state index contributed by atoms with van der Waals surface area (Å²) in [6.07, 6.45) is 5.49. The molecule has 2 aliphatic rings. The minimum absolute atomic E-state index is 0.110. The summed E-state index contributed by atoms with van der Waals surface area (Å²) in [6, 6.07) is 4.91. The fraction of sp³-hybridized carbons (Fsp3) is 0.600. The highest BCUT2D eigenvalue weighted by Crippen LogP contribution is 2.27. The maximum absolute atomic E-state index is 12.7. The van der Waals surface area contributed by atoms with Gasteiger partial charge < -0.3 is 19.5 Å². The summed E-state index contributed by atoms with van der Waals surface area (Å²) in [6.45, 7) is 1.04. The summed E-state index contributed by atoms with van der Waals surface area (Å²) >= 11 is 0. The Hall–Kier alpha value is -2.44. The van der Waals surface area contributed by atoms with Gasteiger partial charge >= 0.3 is 6.09 Å². The fourth-order valence-electron chi connectivity index (χ4n) is 3.79. The number of ether oxygens (including phenoxy) is 3. The first-order valence-corrected chi connectivity index (χ1v) is 9.53. The van der Waals surface area contributed by atoms with Crippen LogP contribution in [-0.4, -0.2) is 50.3 Å². The Kier molecular flexibility index (Phi) is 6.42. The van der Waals surface area contributed by atoms with Gasteiger partial charge in [0.2, 0.25) is 5.91 Å². The molecule has 2 fully saturated rings. The number of nitrogens with one attached hydrogen (secondary N) is 1. The predicted octanol–water partition coefficient (Wildman–Crippen LogP) is 2.72. The van der Waals surface area contributed by atoms with E-state index in [-0.39, 0.29) is 18.6 Å². The quantitative estimate of drug-likeness (QED) is 0.792. The Morgan fingerprint density at radius 1 is 1.15 bits per heavy atom. The molecule has 1 N–H and O–H groups in total. The van der Waals surface area contributed by atoms with Gasteiger partial charge in [-0.2, -0.15) is 0 Å². The highest BCUT2D eigenvalue weighted by molar-refractivity contribution is 5.87. The summed E-state index contributed by atoms with van der Waals surface area (Å²) in [7, 11) is 3.17. The number of carbonyl (C=O) groups excluding carboxylic acids is 2. The molecule has 0 bridgehead atoms. The molecule has 2 amide bonds. The van der Waals surface area contributed by atoms with E-state index in [0.717, 1.165) is 18.4 Å². The molecule has 1 aromatic carbocycles. The summed E-state index contributed by atoms with van der Waals surface area (Å²) < 4.78 is 15.7. The van der Waals surface area contributed by atoms with Crippen molar-refractivity contribution in [1.82, 2.24) is 10.2 Å². The van der Waals surface area contributed by atoms with Crippen molar-refractivity contribution in [2.45, 2.75) is 44.7 Å². The van der Waals surface area contributed by atoms with Crippen molar-refractivity contribution in [3.63, 3.8) is 0 Å². The highest BCUT2D eigenvalue weighted by Gasteiger charge is 2.39. The van der Waals surface area contributed by atoms with Crippen LogP contribution in [0.25, 0.3) is 0 Å². The molecule has 1 aromatic rings. The molecule has 0 spiro atoms. The molecule has 3 rings (SSSR count). The first kappa shape index (κ1) is 19.3. The number of amides is 2. The van der Waals surface area contributed by atoms with Crippen molar-refractivity contribution >= 4 is 12.0 Å². The van der Waals surface area contributed by atoms with Crippen molar-refractivity contribution in [1.29, 1.82) is 0 Å². The Bertz CT molecular complexity index is 650. The van der Waals surface area contributed by atoms with E-state index >= 15 is 0 Å². The molecule has 7 heteroatoms. The molecule has 1 saturated heterocycles. The number of carbonyl (C=O) groups is 2. The molecule has 0 radical (unpaired) electrons. The topological polar surface area (TPSA) is 77.1 Å². The van der Waals surface area contributed by atoms with E-state index in [0.29, 0.717) is 30.5 Å². The number of methoxy groups -OCH3 is 2. The largest absolute Gasteiger partial charge is 0.497 e. The number of cyclic esters (lactones) is 1. The lowest BCUT2D eigenvalue weighted by atomic mass is 9.89. The minimum atomic E-state index is -0.563. The van der Waals surface area contributed by atoms with E-state index in [1.54, 1.807) is 25.2 Å². The van der Waals surface area contributed by atoms with Gasteiger partial charge in [-0.25, -0.2) is 4.79 Å². The van der Waals surface area contributed by atoms with Crippen LogP contribution in [-0.2, 0) is 16.1 Å². The van der Waals surface area contributed by atoms with Crippen LogP contribution < -0.4 is 14.8 Å². The van der Waals surface area contributed by atoms with Gasteiger partial charge in [-0.1, -0.05) is 19.3 Å². The second-order valence-corrected chi connectivity index (χ2v) is 7.19. The van der Waals surface area contributed by atoms with Gasteiger partial charge in [0.05, 0.1) is 14.2 Å². The number of hydrogen-bond acceptors (Lipinski definition) is 5. The van der Waals surface area contributed by atoms with E-state index in [1.165, 1.54) is 19.3 Å². The Morgan fingerprint density at radius 2 is 1.81 bits per heavy atom. The second kappa shape index (κ2) is 8.97.